The van der Waals surface area contributed by atoms with Gasteiger partial charge in [0.25, 0.3) is 6.71 Å². The van der Waals surface area contributed by atoms with E-state index in [0.717, 1.165) is 28.2 Å². The molecule has 3 aromatic heterocycles. The topological polar surface area (TPSA) is 24.6 Å². The third kappa shape index (κ3) is 6.31. The third-order valence-corrected chi connectivity index (χ3v) is 18.5. The normalized spacial score (nSPS) is 14.2. The molecule has 0 amide bonds. The van der Waals surface area contributed by atoms with Crippen molar-refractivity contribution >= 4 is 132 Å². The molecule has 0 saturated carbocycles. The van der Waals surface area contributed by atoms with Gasteiger partial charge in [0.15, 0.2) is 0 Å². The van der Waals surface area contributed by atoms with Crippen LogP contribution >= 0.6 is 11.3 Å². The van der Waals surface area contributed by atoms with Crippen molar-refractivity contribution in [3.05, 3.63) is 180 Å². The summed E-state index contributed by atoms with van der Waals surface area (Å²) in [4.78, 5) is 5.26. The summed E-state index contributed by atoms with van der Waals surface area (Å²) in [6.07, 6.45) is 0. The van der Waals surface area contributed by atoms with Crippen LogP contribution in [0.5, 0.6) is 0 Å². The van der Waals surface area contributed by atoms with Crippen LogP contribution in [0, 0.1) is 0 Å². The van der Waals surface area contributed by atoms with E-state index in [1.54, 1.807) is 0 Å². The van der Waals surface area contributed by atoms with Gasteiger partial charge < -0.3 is 18.8 Å². The molecule has 0 bridgehead atoms. The molecule has 0 spiro atoms. The van der Waals surface area contributed by atoms with E-state index in [2.05, 4.69) is 255 Å². The van der Waals surface area contributed by atoms with Crippen molar-refractivity contribution in [3.8, 4) is 16.8 Å². The summed E-state index contributed by atoms with van der Waals surface area (Å²) in [6, 6.07) is 61.3. The number of fused-ring (bicyclic) bond motifs is 7. The van der Waals surface area contributed by atoms with Crippen molar-refractivity contribution < 1.29 is 4.42 Å². The Balaban J connectivity index is 1.12. The number of aromatic nitrogens is 1. The molecule has 4 nitrogen and oxygen atoms in total. The van der Waals surface area contributed by atoms with Crippen molar-refractivity contribution in [2.45, 2.75) is 105 Å². The van der Waals surface area contributed by atoms with Crippen LogP contribution < -0.4 is 25.5 Å². The van der Waals surface area contributed by atoms with E-state index < -0.39 is 0 Å². The van der Waals surface area contributed by atoms with Crippen LogP contribution in [0.3, 0.4) is 0 Å². The average Bonchev–Trinajstić information content (AvgIpc) is 4.24. The maximum atomic E-state index is 6.78. The predicted octanol–water partition coefficient (Wildman–Crippen LogP) is 18.3. The largest absolute Gasteiger partial charge is 0.456 e. The van der Waals surface area contributed by atoms with Gasteiger partial charge in [-0.15, -0.1) is 11.3 Å². The molecule has 0 saturated heterocycles. The number of hydrogen-bond donors (Lipinski definition) is 0. The second kappa shape index (κ2) is 15.1. The number of anilines is 6. The Bertz CT molecular complexity index is 4500. The van der Waals surface area contributed by atoms with Crippen LogP contribution in [0.25, 0.3) is 81.4 Å². The fourth-order valence-electron chi connectivity index (χ4n) is 13.3. The lowest BCUT2D eigenvalue weighted by atomic mass is 9.36. The number of benzene rings is 9. The van der Waals surface area contributed by atoms with E-state index >= 15 is 0 Å². The number of hydrogen-bond acceptors (Lipinski definition) is 4. The second-order valence-corrected chi connectivity index (χ2v) is 27.3. The molecule has 0 unspecified atom stereocenters. The molecule has 2 aliphatic heterocycles. The highest BCUT2D eigenvalue weighted by Gasteiger charge is 2.46. The van der Waals surface area contributed by atoms with Gasteiger partial charge in [-0.25, -0.2) is 0 Å². The zero-order valence-corrected chi connectivity index (χ0v) is 46.6. The smallest absolute Gasteiger partial charge is 0.264 e. The highest BCUT2D eigenvalue weighted by Crippen LogP contribution is 2.54. The first-order valence-electron chi connectivity index (χ1n) is 27.3. The lowest BCUT2D eigenvalue weighted by Crippen LogP contribution is -2.60. The Kier molecular flexibility index (Phi) is 9.11. The Morgan fingerprint density at radius 1 is 0.421 bits per heavy atom. The van der Waals surface area contributed by atoms with Crippen LogP contribution in [0.2, 0.25) is 0 Å². The highest BCUT2D eigenvalue weighted by molar-refractivity contribution is 7.33. The summed E-state index contributed by atoms with van der Waals surface area (Å²) in [7, 11) is 0. The fourth-order valence-corrected chi connectivity index (χ4v) is 14.6. The number of rotatable bonds is 3. The molecule has 3 aliphatic rings. The minimum absolute atomic E-state index is 0.000386. The van der Waals surface area contributed by atoms with Crippen molar-refractivity contribution in [2.75, 3.05) is 9.80 Å². The first-order valence-corrected chi connectivity index (χ1v) is 28.1. The molecule has 6 heteroatoms. The van der Waals surface area contributed by atoms with Crippen LogP contribution in [0.1, 0.15) is 105 Å². The summed E-state index contributed by atoms with van der Waals surface area (Å²) >= 11 is 1.98. The van der Waals surface area contributed by atoms with Gasteiger partial charge in [0, 0.05) is 64.8 Å². The molecular formula is C70H62BN3OS. The van der Waals surface area contributed by atoms with Gasteiger partial charge in [-0.3, -0.25) is 0 Å². The molecule has 0 fully saturated rings. The SMILES string of the molecule is CC(C)(C)c1ccc(N2c3ccc(C(C)(C)C)cc3B3c4sc5ccc(C(C)(C)C)cc5c4N(c4ccc(C(C)(C)C)cc4)c4cc(-n5c6ccc7cccc8c7c6c6c7c(ccc65)oc5cccc-8c57)cc2c43)cc1. The average molecular weight is 1000 g/mol. The molecule has 12 aromatic rings. The van der Waals surface area contributed by atoms with Crippen molar-refractivity contribution in [2.24, 2.45) is 0 Å². The van der Waals surface area contributed by atoms with Crippen LogP contribution in [-0.2, 0) is 21.7 Å². The lowest BCUT2D eigenvalue weighted by Gasteiger charge is -2.44. The molecule has 1 aliphatic carbocycles. The summed E-state index contributed by atoms with van der Waals surface area (Å²) < 4.78 is 12.1. The van der Waals surface area contributed by atoms with Gasteiger partial charge in [-0.2, -0.15) is 0 Å². The van der Waals surface area contributed by atoms with Gasteiger partial charge in [0.2, 0.25) is 0 Å². The zero-order valence-electron chi connectivity index (χ0n) is 45.7. The minimum Gasteiger partial charge on any atom is -0.456 e. The van der Waals surface area contributed by atoms with Crippen LogP contribution in [-0.4, -0.2) is 11.3 Å². The summed E-state index contributed by atoms with van der Waals surface area (Å²) in [5.41, 5.74) is 23.0. The molecule has 5 heterocycles. The molecule has 0 atom stereocenters. The molecule has 0 N–H and O–H groups in total. The van der Waals surface area contributed by atoms with Gasteiger partial charge in [-0.1, -0.05) is 162 Å². The van der Waals surface area contributed by atoms with Gasteiger partial charge in [0.1, 0.15) is 11.2 Å². The summed E-state index contributed by atoms with van der Waals surface area (Å²) in [5.74, 6) is 0. The van der Waals surface area contributed by atoms with Crippen molar-refractivity contribution in [3.63, 3.8) is 0 Å². The van der Waals surface area contributed by atoms with E-state index in [1.165, 1.54) is 125 Å². The van der Waals surface area contributed by atoms with Crippen molar-refractivity contribution in [1.29, 1.82) is 0 Å². The monoisotopic (exact) mass is 1000 g/mol. The maximum absolute atomic E-state index is 6.78. The molecular weight excluding hydrogens is 942 g/mol. The zero-order chi connectivity index (χ0) is 52.3. The molecule has 15 rings (SSSR count). The van der Waals surface area contributed by atoms with Crippen LogP contribution in [0.4, 0.5) is 34.1 Å². The third-order valence-electron chi connectivity index (χ3n) is 17.3. The maximum Gasteiger partial charge on any atom is 0.264 e. The molecule has 9 aromatic carbocycles. The molecule has 0 radical (unpaired) electrons. The minimum atomic E-state index is -0.0586. The second-order valence-electron chi connectivity index (χ2n) is 26.2. The van der Waals surface area contributed by atoms with E-state index in [0.29, 0.717) is 0 Å². The van der Waals surface area contributed by atoms with Gasteiger partial charge in [0.05, 0.1) is 22.4 Å². The first kappa shape index (κ1) is 45.8. The lowest BCUT2D eigenvalue weighted by molar-refractivity contribution is 0.590. The van der Waals surface area contributed by atoms with E-state index in [4.69, 9.17) is 4.42 Å². The van der Waals surface area contributed by atoms with Crippen LogP contribution in [0.15, 0.2) is 162 Å². The number of thiophene rings is 1. The van der Waals surface area contributed by atoms with Gasteiger partial charge in [-0.05, 0) is 156 Å². The predicted molar refractivity (Wildman–Crippen MR) is 329 cm³/mol. The van der Waals surface area contributed by atoms with E-state index in [9.17, 15) is 0 Å². The molecule has 76 heavy (non-hydrogen) atoms. The van der Waals surface area contributed by atoms with Crippen molar-refractivity contribution in [1.82, 2.24) is 4.57 Å². The summed E-state index contributed by atoms with van der Waals surface area (Å²) in [6.45, 7) is 27.9. The number of furan rings is 1. The standard InChI is InChI=1S/C70H62BN3OS/c1-67(2,3)40-20-26-44(27-21-40)72-51-31-24-43(70(10,11)12)36-50(51)71-64-54(72)37-46(38-55(64)74(45-28-22-41(23-29-45)68(4,5)6)65-49-35-42(69(7,8)9)25-34-58(49)76-66(65)71)73-52-30-19-39-15-13-16-47-48-17-14-18-56-60(48)63-57(75-56)33-32-53(73)62(63)61(52)59(39)47/h13-38H,1-12H3. The number of nitrogens with zero attached hydrogens (tertiary/aromatic N) is 3. The van der Waals surface area contributed by atoms with Gasteiger partial charge >= 0.3 is 0 Å². The summed E-state index contributed by atoms with van der Waals surface area (Å²) in [5, 5.41) is 8.78. The quantitative estimate of drug-likeness (QED) is 0.165. The Labute approximate surface area is 450 Å². The molecule has 372 valence electrons. The highest BCUT2D eigenvalue weighted by atomic mass is 32.1. The fraction of sp³-hybridized carbons (Fsp3) is 0.229. The van der Waals surface area contributed by atoms with E-state index in [-0.39, 0.29) is 28.4 Å². The Hall–Kier alpha value is -7.54. The van der Waals surface area contributed by atoms with E-state index in [1.807, 2.05) is 11.3 Å². The first-order chi connectivity index (χ1) is 36.2. The Morgan fingerprint density at radius 3 is 1.62 bits per heavy atom. The Morgan fingerprint density at radius 2 is 0.961 bits per heavy atom.